The van der Waals surface area contributed by atoms with Crippen molar-refractivity contribution in [3.63, 3.8) is 0 Å². The quantitative estimate of drug-likeness (QED) is 0.648. The first kappa shape index (κ1) is 9.00. The van der Waals surface area contributed by atoms with Gasteiger partial charge in [-0.3, -0.25) is 0 Å². The highest BCUT2D eigenvalue weighted by atomic mass is 35.5. The smallest absolute Gasteiger partial charge is 0.135 e. The summed E-state index contributed by atoms with van der Waals surface area (Å²) in [5, 5.41) is 8.58. The molecule has 0 saturated heterocycles. The zero-order chi connectivity index (χ0) is 9.42. The van der Waals surface area contributed by atoms with E-state index in [4.69, 9.17) is 11.6 Å². The molecule has 1 aromatic heterocycles. The highest BCUT2D eigenvalue weighted by Gasteiger charge is 2.27. The summed E-state index contributed by atoms with van der Waals surface area (Å²) in [5.74, 6) is 2.60. The largest absolute Gasteiger partial charge is 0.318 e. The summed E-state index contributed by atoms with van der Waals surface area (Å²) in [6.07, 6.45) is 3.31. The molecule has 2 atom stereocenters. The Hall–Kier alpha value is -0.570. The number of hydrogen-bond donors (Lipinski definition) is 0. The molecule has 4 heteroatoms. The maximum atomic E-state index is 6.06. The summed E-state index contributed by atoms with van der Waals surface area (Å²) in [4.78, 5) is 0. The van der Waals surface area contributed by atoms with Crippen LogP contribution in [0.2, 0.25) is 0 Å². The van der Waals surface area contributed by atoms with Gasteiger partial charge in [-0.1, -0.05) is 0 Å². The minimum Gasteiger partial charge on any atom is -0.318 e. The minimum atomic E-state index is 0.335. The number of halogens is 1. The summed E-state index contributed by atoms with van der Waals surface area (Å²) < 4.78 is 2.07. The van der Waals surface area contributed by atoms with E-state index in [2.05, 4.69) is 14.8 Å². The van der Waals surface area contributed by atoms with Gasteiger partial charge in [0.15, 0.2) is 0 Å². The zero-order valence-corrected chi connectivity index (χ0v) is 8.75. The molecule has 0 N–H and O–H groups in total. The van der Waals surface area contributed by atoms with Gasteiger partial charge in [-0.2, -0.15) is 0 Å². The van der Waals surface area contributed by atoms with Crippen LogP contribution in [0.25, 0.3) is 0 Å². The van der Waals surface area contributed by atoms with E-state index < -0.39 is 0 Å². The van der Waals surface area contributed by atoms with E-state index in [1.54, 1.807) is 0 Å². The number of nitrogens with zero attached hydrogens (tertiary/aromatic N) is 3. The molecule has 3 nitrogen and oxygen atoms in total. The van der Waals surface area contributed by atoms with E-state index in [0.29, 0.717) is 11.3 Å². The molecule has 0 spiro atoms. The normalized spacial score (nSPS) is 28.2. The van der Waals surface area contributed by atoms with E-state index in [1.165, 1.54) is 0 Å². The molecule has 72 valence electrons. The van der Waals surface area contributed by atoms with Gasteiger partial charge in [-0.25, -0.2) is 0 Å². The molecule has 1 aliphatic rings. The average Bonchev–Trinajstić information content (AvgIpc) is 2.62. The standard InChI is InChI=1S/C9H14ClN3/c1-6-11-12-9(13(6)2)7-3-4-8(10)5-7/h7-8H,3-5H2,1-2H3. The predicted molar refractivity (Wildman–Crippen MR) is 52.0 cm³/mol. The van der Waals surface area contributed by atoms with Gasteiger partial charge in [0, 0.05) is 18.3 Å². The van der Waals surface area contributed by atoms with Crippen LogP contribution in [-0.4, -0.2) is 20.1 Å². The van der Waals surface area contributed by atoms with Crippen molar-refractivity contribution in [3.8, 4) is 0 Å². The van der Waals surface area contributed by atoms with Gasteiger partial charge in [0.1, 0.15) is 11.6 Å². The summed E-state index contributed by atoms with van der Waals surface area (Å²) >= 11 is 6.06. The second-order valence-corrected chi connectivity index (χ2v) is 4.39. The molecule has 13 heavy (non-hydrogen) atoms. The van der Waals surface area contributed by atoms with Crippen molar-refractivity contribution in [1.29, 1.82) is 0 Å². The molecule has 0 amide bonds. The van der Waals surface area contributed by atoms with Crippen LogP contribution in [0.4, 0.5) is 0 Å². The van der Waals surface area contributed by atoms with Crippen molar-refractivity contribution in [2.24, 2.45) is 7.05 Å². The van der Waals surface area contributed by atoms with Crippen LogP contribution in [0.5, 0.6) is 0 Å². The van der Waals surface area contributed by atoms with E-state index >= 15 is 0 Å². The maximum Gasteiger partial charge on any atom is 0.135 e. The molecule has 2 rings (SSSR count). The Kier molecular flexibility index (Phi) is 2.28. The summed E-state index contributed by atoms with van der Waals surface area (Å²) in [7, 11) is 2.02. The maximum absolute atomic E-state index is 6.06. The Morgan fingerprint density at radius 1 is 1.38 bits per heavy atom. The molecule has 1 saturated carbocycles. The Morgan fingerprint density at radius 3 is 2.62 bits per heavy atom. The first-order valence-corrected chi connectivity index (χ1v) is 5.12. The van der Waals surface area contributed by atoms with Gasteiger partial charge in [0.25, 0.3) is 0 Å². The second kappa shape index (κ2) is 3.29. The Balaban J connectivity index is 2.21. The molecule has 1 heterocycles. The number of hydrogen-bond acceptors (Lipinski definition) is 2. The van der Waals surface area contributed by atoms with E-state index in [1.807, 2.05) is 14.0 Å². The van der Waals surface area contributed by atoms with Crippen LogP contribution in [0, 0.1) is 6.92 Å². The van der Waals surface area contributed by atoms with Crippen LogP contribution in [-0.2, 0) is 7.05 Å². The van der Waals surface area contributed by atoms with Crippen molar-refractivity contribution >= 4 is 11.6 Å². The Morgan fingerprint density at radius 2 is 2.15 bits per heavy atom. The monoisotopic (exact) mass is 199 g/mol. The van der Waals surface area contributed by atoms with Crippen molar-refractivity contribution in [3.05, 3.63) is 11.6 Å². The van der Waals surface area contributed by atoms with Crippen molar-refractivity contribution in [2.75, 3.05) is 0 Å². The van der Waals surface area contributed by atoms with E-state index in [-0.39, 0.29) is 0 Å². The van der Waals surface area contributed by atoms with Crippen LogP contribution in [0.3, 0.4) is 0 Å². The van der Waals surface area contributed by atoms with E-state index in [0.717, 1.165) is 30.9 Å². The van der Waals surface area contributed by atoms with Crippen molar-refractivity contribution in [1.82, 2.24) is 14.8 Å². The van der Waals surface area contributed by atoms with Crippen LogP contribution >= 0.6 is 11.6 Å². The third kappa shape index (κ3) is 1.57. The molecule has 1 fully saturated rings. The molecule has 0 aliphatic heterocycles. The first-order valence-electron chi connectivity index (χ1n) is 4.68. The summed E-state index contributed by atoms with van der Waals surface area (Å²) in [5.41, 5.74) is 0. The topological polar surface area (TPSA) is 30.7 Å². The van der Waals surface area contributed by atoms with Gasteiger partial charge in [0.2, 0.25) is 0 Å². The first-order chi connectivity index (χ1) is 6.18. The van der Waals surface area contributed by atoms with Crippen molar-refractivity contribution < 1.29 is 0 Å². The molecule has 1 aliphatic carbocycles. The summed E-state index contributed by atoms with van der Waals surface area (Å²) in [6.45, 7) is 1.98. The fourth-order valence-corrected chi connectivity index (χ4v) is 2.28. The molecule has 0 radical (unpaired) electrons. The van der Waals surface area contributed by atoms with Gasteiger partial charge in [0.05, 0.1) is 0 Å². The number of aromatic nitrogens is 3. The number of alkyl halides is 1. The van der Waals surface area contributed by atoms with Crippen LogP contribution < -0.4 is 0 Å². The highest BCUT2D eigenvalue weighted by Crippen LogP contribution is 2.35. The third-order valence-corrected chi connectivity index (χ3v) is 3.26. The third-order valence-electron chi connectivity index (χ3n) is 2.86. The van der Waals surface area contributed by atoms with E-state index in [9.17, 15) is 0 Å². The van der Waals surface area contributed by atoms with Crippen molar-refractivity contribution in [2.45, 2.75) is 37.5 Å². The average molecular weight is 200 g/mol. The van der Waals surface area contributed by atoms with Gasteiger partial charge < -0.3 is 4.57 Å². The lowest BCUT2D eigenvalue weighted by molar-refractivity contribution is 0.626. The number of aryl methyl sites for hydroxylation is 1. The predicted octanol–water partition coefficient (Wildman–Crippen LogP) is 2.00. The molecule has 0 bridgehead atoms. The molecular formula is C9H14ClN3. The zero-order valence-electron chi connectivity index (χ0n) is 8.00. The summed E-state index contributed by atoms with van der Waals surface area (Å²) in [6, 6.07) is 0. The van der Waals surface area contributed by atoms with Gasteiger partial charge >= 0.3 is 0 Å². The Labute approximate surface area is 83.1 Å². The fourth-order valence-electron chi connectivity index (χ4n) is 1.94. The van der Waals surface area contributed by atoms with Gasteiger partial charge in [-0.05, 0) is 26.2 Å². The molecule has 0 aromatic carbocycles. The number of rotatable bonds is 1. The second-order valence-electron chi connectivity index (χ2n) is 3.77. The highest BCUT2D eigenvalue weighted by molar-refractivity contribution is 6.20. The van der Waals surface area contributed by atoms with Crippen LogP contribution in [0.1, 0.15) is 36.8 Å². The SMILES string of the molecule is Cc1nnc(C2CCC(Cl)C2)n1C. The lowest BCUT2D eigenvalue weighted by atomic mass is 10.1. The lowest BCUT2D eigenvalue weighted by Gasteiger charge is -2.07. The van der Waals surface area contributed by atoms with Crippen LogP contribution in [0.15, 0.2) is 0 Å². The minimum absolute atomic E-state index is 0.335. The molecule has 1 aromatic rings. The molecular weight excluding hydrogens is 186 g/mol. The fraction of sp³-hybridized carbons (Fsp3) is 0.778. The molecule has 2 unspecified atom stereocenters. The lowest BCUT2D eigenvalue weighted by Crippen LogP contribution is -2.04. The van der Waals surface area contributed by atoms with Gasteiger partial charge in [-0.15, -0.1) is 21.8 Å². The Bertz CT molecular complexity index is 308.